The van der Waals surface area contributed by atoms with E-state index in [4.69, 9.17) is 15.2 Å². The second kappa shape index (κ2) is 6.77. The third-order valence-corrected chi connectivity index (χ3v) is 2.96. The molecule has 0 atom stereocenters. The summed E-state index contributed by atoms with van der Waals surface area (Å²) in [6.07, 6.45) is 0.798. The lowest BCUT2D eigenvalue weighted by Gasteiger charge is -2.18. The minimum atomic E-state index is 0.596. The maximum Gasteiger partial charge on any atom is 0.174 e. The van der Waals surface area contributed by atoms with Crippen LogP contribution in [0.25, 0.3) is 0 Å². The molecule has 0 aliphatic rings. The summed E-state index contributed by atoms with van der Waals surface area (Å²) in [7, 11) is 0. The van der Waals surface area contributed by atoms with E-state index in [1.807, 2.05) is 20.8 Å². The van der Waals surface area contributed by atoms with Gasteiger partial charge in [-0.05, 0) is 44.9 Å². The summed E-state index contributed by atoms with van der Waals surface area (Å²) in [6, 6.07) is 2.07. The highest BCUT2D eigenvalue weighted by atomic mass is 32.1. The normalized spacial score (nSPS) is 10.4. The highest BCUT2D eigenvalue weighted by Gasteiger charge is 2.16. The van der Waals surface area contributed by atoms with Crippen molar-refractivity contribution < 1.29 is 9.47 Å². The second-order valence-corrected chi connectivity index (χ2v) is 4.21. The Kier molecular flexibility index (Phi) is 5.65. The molecule has 0 aliphatic heterocycles. The van der Waals surface area contributed by atoms with Crippen LogP contribution in [0.2, 0.25) is 0 Å². The number of benzene rings is 1. The fraction of sp³-hybridized carbons (Fsp3) is 0.538. The summed E-state index contributed by atoms with van der Waals surface area (Å²) < 4.78 is 11.3. The van der Waals surface area contributed by atoms with Crippen LogP contribution in [0.5, 0.6) is 11.5 Å². The minimum Gasteiger partial charge on any atom is -0.490 e. The van der Waals surface area contributed by atoms with Gasteiger partial charge in [0.25, 0.3) is 0 Å². The molecule has 1 rings (SSSR count). The average Bonchev–Trinajstić information content (AvgIpc) is 2.30. The molecule has 0 saturated heterocycles. The van der Waals surface area contributed by atoms with Crippen molar-refractivity contribution >= 4 is 12.6 Å². The van der Waals surface area contributed by atoms with Gasteiger partial charge < -0.3 is 15.2 Å². The zero-order valence-corrected chi connectivity index (χ0v) is 11.6. The van der Waals surface area contributed by atoms with Crippen molar-refractivity contribution in [3.63, 3.8) is 0 Å². The van der Waals surface area contributed by atoms with Gasteiger partial charge in [0.15, 0.2) is 11.5 Å². The predicted molar refractivity (Wildman–Crippen MR) is 73.5 cm³/mol. The molecule has 0 fully saturated rings. The van der Waals surface area contributed by atoms with Crippen LogP contribution in [-0.4, -0.2) is 19.8 Å². The topological polar surface area (TPSA) is 44.5 Å². The van der Waals surface area contributed by atoms with Gasteiger partial charge in [0, 0.05) is 0 Å². The van der Waals surface area contributed by atoms with Crippen LogP contribution in [-0.2, 0) is 6.42 Å². The Bertz CT molecular complexity index is 380. The molecule has 0 aliphatic carbocycles. The first-order valence-electron chi connectivity index (χ1n) is 5.96. The van der Waals surface area contributed by atoms with Gasteiger partial charge in [0.2, 0.25) is 0 Å². The molecule has 0 spiro atoms. The van der Waals surface area contributed by atoms with Crippen LogP contribution in [0.1, 0.15) is 25.0 Å². The second-order valence-electron chi connectivity index (χ2n) is 3.76. The third kappa shape index (κ3) is 3.30. The molecular formula is C13H21NO2S. The molecular weight excluding hydrogens is 234 g/mol. The maximum atomic E-state index is 5.65. The fourth-order valence-electron chi connectivity index (χ4n) is 1.78. The highest BCUT2D eigenvalue weighted by molar-refractivity contribution is 7.80. The number of thiol groups is 1. The van der Waals surface area contributed by atoms with Crippen molar-refractivity contribution in [1.82, 2.24) is 0 Å². The zero-order valence-electron chi connectivity index (χ0n) is 10.7. The van der Waals surface area contributed by atoms with Crippen molar-refractivity contribution in [2.75, 3.05) is 19.8 Å². The monoisotopic (exact) mass is 255 g/mol. The maximum absolute atomic E-state index is 5.65. The highest BCUT2D eigenvalue weighted by Crippen LogP contribution is 2.39. The summed E-state index contributed by atoms with van der Waals surface area (Å²) >= 11 is 4.53. The van der Waals surface area contributed by atoms with E-state index >= 15 is 0 Å². The molecule has 96 valence electrons. The molecule has 0 unspecified atom stereocenters. The van der Waals surface area contributed by atoms with Gasteiger partial charge in [0.1, 0.15) is 0 Å². The lowest BCUT2D eigenvalue weighted by molar-refractivity contribution is 0.280. The lowest BCUT2D eigenvalue weighted by atomic mass is 10.1. The molecule has 0 saturated carbocycles. The summed E-state index contributed by atoms with van der Waals surface area (Å²) in [5.41, 5.74) is 7.77. The SMILES string of the molecule is CCOc1c(C)cc(CCN)c(S)c1OCC. The third-order valence-electron chi connectivity index (χ3n) is 2.47. The van der Waals surface area contributed by atoms with Gasteiger partial charge in [-0.1, -0.05) is 6.07 Å². The van der Waals surface area contributed by atoms with Crippen LogP contribution in [0.15, 0.2) is 11.0 Å². The standard InChI is InChI=1S/C13H21NO2S/c1-4-15-11-9(3)8-10(6-7-14)13(17)12(11)16-5-2/h8,17H,4-7,14H2,1-3H3. The van der Waals surface area contributed by atoms with Crippen molar-refractivity contribution in [3.05, 3.63) is 17.2 Å². The molecule has 1 aromatic rings. The van der Waals surface area contributed by atoms with Crippen LogP contribution >= 0.6 is 12.6 Å². The van der Waals surface area contributed by atoms with E-state index < -0.39 is 0 Å². The Balaban J connectivity index is 3.25. The van der Waals surface area contributed by atoms with E-state index in [9.17, 15) is 0 Å². The van der Waals surface area contributed by atoms with Crippen molar-refractivity contribution in [1.29, 1.82) is 0 Å². The quantitative estimate of drug-likeness (QED) is 0.768. The Morgan fingerprint density at radius 1 is 1.18 bits per heavy atom. The Morgan fingerprint density at radius 2 is 1.76 bits per heavy atom. The molecule has 4 heteroatoms. The first-order chi connectivity index (χ1) is 8.15. The first-order valence-corrected chi connectivity index (χ1v) is 6.41. The smallest absolute Gasteiger partial charge is 0.174 e. The number of hydrogen-bond donors (Lipinski definition) is 2. The largest absolute Gasteiger partial charge is 0.490 e. The van der Waals surface area contributed by atoms with Gasteiger partial charge in [-0.2, -0.15) is 0 Å². The van der Waals surface area contributed by atoms with Crippen LogP contribution < -0.4 is 15.2 Å². The van der Waals surface area contributed by atoms with Crippen LogP contribution in [0.3, 0.4) is 0 Å². The fourth-order valence-corrected chi connectivity index (χ4v) is 2.12. The minimum absolute atomic E-state index is 0.596. The Hall–Kier alpha value is -0.870. The zero-order chi connectivity index (χ0) is 12.8. The number of hydrogen-bond acceptors (Lipinski definition) is 4. The molecule has 0 bridgehead atoms. The Morgan fingerprint density at radius 3 is 2.29 bits per heavy atom. The molecule has 3 nitrogen and oxygen atoms in total. The molecule has 0 heterocycles. The van der Waals surface area contributed by atoms with E-state index in [1.54, 1.807) is 0 Å². The average molecular weight is 255 g/mol. The van der Waals surface area contributed by atoms with Crippen molar-refractivity contribution in [3.8, 4) is 11.5 Å². The van der Waals surface area contributed by atoms with E-state index in [0.29, 0.717) is 19.8 Å². The van der Waals surface area contributed by atoms with Crippen LogP contribution in [0, 0.1) is 6.92 Å². The van der Waals surface area contributed by atoms with Gasteiger partial charge >= 0.3 is 0 Å². The van der Waals surface area contributed by atoms with E-state index in [-0.39, 0.29) is 0 Å². The summed E-state index contributed by atoms with van der Waals surface area (Å²) in [5, 5.41) is 0. The molecule has 0 radical (unpaired) electrons. The Labute approximate surface area is 109 Å². The van der Waals surface area contributed by atoms with Gasteiger partial charge in [0.05, 0.1) is 18.1 Å². The summed E-state index contributed by atoms with van der Waals surface area (Å²) in [5.74, 6) is 1.53. The summed E-state index contributed by atoms with van der Waals surface area (Å²) in [4.78, 5) is 0.839. The van der Waals surface area contributed by atoms with E-state index in [0.717, 1.165) is 33.9 Å². The molecule has 17 heavy (non-hydrogen) atoms. The molecule has 2 N–H and O–H groups in total. The molecule has 0 aromatic heterocycles. The molecule has 1 aromatic carbocycles. The van der Waals surface area contributed by atoms with Crippen molar-refractivity contribution in [2.24, 2.45) is 5.73 Å². The predicted octanol–water partition coefficient (Wildman–Crippen LogP) is 2.58. The van der Waals surface area contributed by atoms with Gasteiger partial charge in [-0.25, -0.2) is 0 Å². The number of ether oxygens (including phenoxy) is 2. The number of aryl methyl sites for hydroxylation is 1. The van der Waals surface area contributed by atoms with Gasteiger partial charge in [-0.15, -0.1) is 12.6 Å². The lowest BCUT2D eigenvalue weighted by Crippen LogP contribution is -2.07. The van der Waals surface area contributed by atoms with Gasteiger partial charge in [-0.3, -0.25) is 0 Å². The summed E-state index contributed by atoms with van der Waals surface area (Å²) in [6.45, 7) is 7.74. The molecule has 0 amide bonds. The van der Waals surface area contributed by atoms with Crippen LogP contribution in [0.4, 0.5) is 0 Å². The van der Waals surface area contributed by atoms with Crippen molar-refractivity contribution in [2.45, 2.75) is 32.1 Å². The first kappa shape index (κ1) is 14.2. The number of rotatable bonds is 6. The van der Waals surface area contributed by atoms with E-state index in [2.05, 4.69) is 18.7 Å². The van der Waals surface area contributed by atoms with E-state index in [1.165, 1.54) is 0 Å². The number of nitrogens with two attached hydrogens (primary N) is 1.